The molecule has 112 valence electrons. The molecule has 0 aliphatic heterocycles. The van der Waals surface area contributed by atoms with Gasteiger partial charge in [0.1, 0.15) is 11.6 Å². The van der Waals surface area contributed by atoms with Crippen molar-refractivity contribution in [1.29, 1.82) is 0 Å². The van der Waals surface area contributed by atoms with Crippen molar-refractivity contribution in [3.05, 3.63) is 66.0 Å². The van der Waals surface area contributed by atoms with Crippen LogP contribution in [0.3, 0.4) is 0 Å². The molecule has 0 saturated carbocycles. The Morgan fingerprint density at radius 3 is 2.33 bits per heavy atom. The highest BCUT2D eigenvalue weighted by Gasteiger charge is 2.09. The summed E-state index contributed by atoms with van der Waals surface area (Å²) in [6.07, 6.45) is 3.04. The number of halogens is 1. The molecule has 0 spiro atoms. The van der Waals surface area contributed by atoms with Crippen molar-refractivity contribution in [2.75, 3.05) is 13.2 Å². The van der Waals surface area contributed by atoms with Crippen molar-refractivity contribution in [1.82, 2.24) is 0 Å². The first-order chi connectivity index (χ1) is 10.3. The van der Waals surface area contributed by atoms with Crippen LogP contribution in [0.4, 0.5) is 4.39 Å². The molecule has 0 bridgehead atoms. The zero-order valence-corrected chi connectivity index (χ0v) is 12.2. The average Bonchev–Trinajstić information content (AvgIpc) is 2.53. The number of nitrogens with two attached hydrogens (primary N) is 1. The summed E-state index contributed by atoms with van der Waals surface area (Å²) < 4.78 is 18.6. The van der Waals surface area contributed by atoms with Gasteiger partial charge in [-0.15, -0.1) is 0 Å². The van der Waals surface area contributed by atoms with E-state index < -0.39 is 0 Å². The summed E-state index contributed by atoms with van der Waals surface area (Å²) in [5.74, 6) is 1.000. The fourth-order valence-electron chi connectivity index (χ4n) is 2.36. The molecule has 0 aliphatic rings. The van der Waals surface area contributed by atoms with Gasteiger partial charge in [0, 0.05) is 0 Å². The Morgan fingerprint density at radius 2 is 1.67 bits per heavy atom. The van der Waals surface area contributed by atoms with Crippen molar-refractivity contribution in [3.8, 4) is 5.75 Å². The maximum absolute atomic E-state index is 12.9. The van der Waals surface area contributed by atoms with Crippen LogP contribution in [-0.2, 0) is 0 Å². The van der Waals surface area contributed by atoms with Gasteiger partial charge in [0.25, 0.3) is 0 Å². The summed E-state index contributed by atoms with van der Waals surface area (Å²) in [4.78, 5) is 0. The maximum Gasteiger partial charge on any atom is 0.123 e. The summed E-state index contributed by atoms with van der Waals surface area (Å²) >= 11 is 0. The fraction of sp³-hybridized carbons (Fsp3) is 0.333. The lowest BCUT2D eigenvalue weighted by molar-refractivity contribution is 0.303. The molecule has 2 nitrogen and oxygen atoms in total. The standard InChI is InChI=1S/C18H22FNO/c19-17-11-9-15(10-12-17)16(14-20)6-4-5-13-21-18-7-2-1-3-8-18/h1-3,7-12,16H,4-6,13-14,20H2. The Hall–Kier alpha value is -1.87. The second kappa shape index (κ2) is 8.42. The second-order valence-corrected chi connectivity index (χ2v) is 5.14. The van der Waals surface area contributed by atoms with Crippen LogP contribution >= 0.6 is 0 Å². The lowest BCUT2D eigenvalue weighted by Gasteiger charge is -2.15. The van der Waals surface area contributed by atoms with Crippen molar-refractivity contribution in [2.45, 2.75) is 25.2 Å². The molecular weight excluding hydrogens is 265 g/mol. The summed E-state index contributed by atoms with van der Waals surface area (Å²) in [7, 11) is 0. The number of unbranched alkanes of at least 4 members (excludes halogenated alkanes) is 1. The molecule has 2 aromatic rings. The van der Waals surface area contributed by atoms with Gasteiger partial charge in [-0.1, -0.05) is 30.3 Å². The zero-order chi connectivity index (χ0) is 14.9. The van der Waals surface area contributed by atoms with Crippen molar-refractivity contribution < 1.29 is 9.13 Å². The van der Waals surface area contributed by atoms with Crippen LogP contribution in [0.25, 0.3) is 0 Å². The monoisotopic (exact) mass is 287 g/mol. The van der Waals surface area contributed by atoms with E-state index in [1.807, 2.05) is 42.5 Å². The molecule has 0 saturated heterocycles. The fourth-order valence-corrected chi connectivity index (χ4v) is 2.36. The molecule has 0 aromatic heterocycles. The highest BCUT2D eigenvalue weighted by atomic mass is 19.1. The Kier molecular flexibility index (Phi) is 6.22. The number of hydrogen-bond acceptors (Lipinski definition) is 2. The van der Waals surface area contributed by atoms with Gasteiger partial charge in [0.2, 0.25) is 0 Å². The second-order valence-electron chi connectivity index (χ2n) is 5.14. The Morgan fingerprint density at radius 1 is 0.952 bits per heavy atom. The largest absolute Gasteiger partial charge is 0.494 e. The molecule has 0 fully saturated rings. The number of benzene rings is 2. The third kappa shape index (κ3) is 5.20. The van der Waals surface area contributed by atoms with Crippen LogP contribution in [-0.4, -0.2) is 13.2 Å². The summed E-state index contributed by atoms with van der Waals surface area (Å²) in [5, 5.41) is 0. The Labute approximate surface area is 125 Å². The van der Waals surface area contributed by atoms with Gasteiger partial charge in [-0.05, 0) is 61.6 Å². The van der Waals surface area contributed by atoms with Crippen molar-refractivity contribution in [3.63, 3.8) is 0 Å². The minimum Gasteiger partial charge on any atom is -0.494 e. The molecule has 2 N–H and O–H groups in total. The molecule has 21 heavy (non-hydrogen) atoms. The van der Waals surface area contributed by atoms with Gasteiger partial charge in [0.05, 0.1) is 6.61 Å². The summed E-state index contributed by atoms with van der Waals surface area (Å²) in [6, 6.07) is 16.5. The van der Waals surface area contributed by atoms with Gasteiger partial charge in [0.15, 0.2) is 0 Å². The van der Waals surface area contributed by atoms with Gasteiger partial charge in [-0.2, -0.15) is 0 Å². The molecule has 0 amide bonds. The maximum atomic E-state index is 12.9. The summed E-state index contributed by atoms with van der Waals surface area (Å²) in [5.41, 5.74) is 6.94. The van der Waals surface area contributed by atoms with Crippen LogP contribution in [0.15, 0.2) is 54.6 Å². The van der Waals surface area contributed by atoms with Crippen molar-refractivity contribution >= 4 is 0 Å². The number of hydrogen-bond donors (Lipinski definition) is 1. The normalized spacial score (nSPS) is 12.1. The first-order valence-electron chi connectivity index (χ1n) is 7.43. The topological polar surface area (TPSA) is 35.2 Å². The highest BCUT2D eigenvalue weighted by Crippen LogP contribution is 2.21. The quantitative estimate of drug-likeness (QED) is 0.741. The first kappa shape index (κ1) is 15.5. The molecule has 3 heteroatoms. The minimum absolute atomic E-state index is 0.203. The van der Waals surface area contributed by atoms with Crippen LogP contribution < -0.4 is 10.5 Å². The average molecular weight is 287 g/mol. The zero-order valence-electron chi connectivity index (χ0n) is 12.2. The van der Waals surface area contributed by atoms with Gasteiger partial charge in [-0.3, -0.25) is 0 Å². The smallest absolute Gasteiger partial charge is 0.123 e. The molecule has 0 heterocycles. The third-order valence-corrected chi connectivity index (χ3v) is 3.58. The Balaban J connectivity index is 1.70. The van der Waals surface area contributed by atoms with E-state index in [1.54, 1.807) is 0 Å². The van der Waals surface area contributed by atoms with E-state index in [-0.39, 0.29) is 5.82 Å². The molecule has 0 radical (unpaired) electrons. The van der Waals surface area contributed by atoms with Crippen LogP contribution in [0.5, 0.6) is 5.75 Å². The number of ether oxygens (including phenoxy) is 1. The Bertz CT molecular complexity index is 513. The van der Waals surface area contributed by atoms with Crippen LogP contribution in [0.2, 0.25) is 0 Å². The van der Waals surface area contributed by atoms with Crippen molar-refractivity contribution in [2.24, 2.45) is 5.73 Å². The molecular formula is C18H22FNO. The minimum atomic E-state index is -0.203. The lowest BCUT2D eigenvalue weighted by atomic mass is 9.94. The third-order valence-electron chi connectivity index (χ3n) is 3.58. The van der Waals surface area contributed by atoms with E-state index in [0.29, 0.717) is 19.1 Å². The van der Waals surface area contributed by atoms with Gasteiger partial charge < -0.3 is 10.5 Å². The van der Waals surface area contributed by atoms with E-state index >= 15 is 0 Å². The molecule has 0 aliphatic carbocycles. The SMILES string of the molecule is NCC(CCCCOc1ccccc1)c1ccc(F)cc1. The lowest BCUT2D eigenvalue weighted by Crippen LogP contribution is -2.13. The van der Waals surface area contributed by atoms with E-state index in [4.69, 9.17) is 10.5 Å². The van der Waals surface area contributed by atoms with Crippen LogP contribution in [0, 0.1) is 5.82 Å². The van der Waals surface area contributed by atoms with Crippen LogP contribution in [0.1, 0.15) is 30.7 Å². The molecule has 2 aromatic carbocycles. The van der Waals surface area contributed by atoms with E-state index in [9.17, 15) is 4.39 Å². The summed E-state index contributed by atoms with van der Waals surface area (Å²) in [6.45, 7) is 1.30. The van der Waals surface area contributed by atoms with E-state index in [0.717, 1.165) is 30.6 Å². The molecule has 1 unspecified atom stereocenters. The number of rotatable bonds is 8. The molecule has 1 atom stereocenters. The predicted octanol–water partition coefficient (Wildman–Crippen LogP) is 4.12. The van der Waals surface area contributed by atoms with Gasteiger partial charge >= 0.3 is 0 Å². The predicted molar refractivity (Wildman–Crippen MR) is 84.0 cm³/mol. The van der Waals surface area contributed by atoms with E-state index in [1.165, 1.54) is 12.1 Å². The molecule has 2 rings (SSSR count). The highest BCUT2D eigenvalue weighted by molar-refractivity contribution is 5.21. The van der Waals surface area contributed by atoms with E-state index in [2.05, 4.69) is 0 Å². The van der Waals surface area contributed by atoms with Gasteiger partial charge in [-0.25, -0.2) is 4.39 Å². The number of para-hydroxylation sites is 1. The first-order valence-corrected chi connectivity index (χ1v) is 7.43.